The number of hydrogen-bond acceptors (Lipinski definition) is 2. The van der Waals surface area contributed by atoms with Crippen molar-refractivity contribution in [2.45, 2.75) is 17.1 Å². The molecule has 0 saturated carbocycles. The maximum atomic E-state index is 12.5. The molecule has 19 heavy (non-hydrogen) atoms. The monoisotopic (exact) mass is 274 g/mol. The van der Waals surface area contributed by atoms with Gasteiger partial charge in [0.15, 0.2) is 5.25 Å². The molecule has 2 rings (SSSR count). The Hall–Kier alpha value is -1.94. The van der Waals surface area contributed by atoms with Crippen molar-refractivity contribution in [1.29, 1.82) is 0 Å². The Morgan fingerprint density at radius 1 is 1.11 bits per heavy atom. The van der Waals surface area contributed by atoms with Crippen LogP contribution in [0.3, 0.4) is 0 Å². The van der Waals surface area contributed by atoms with Crippen LogP contribution in [0.5, 0.6) is 0 Å². The van der Waals surface area contributed by atoms with E-state index in [1.807, 2.05) is 13.0 Å². The van der Waals surface area contributed by atoms with Gasteiger partial charge in [0, 0.05) is 4.90 Å². The van der Waals surface area contributed by atoms with E-state index in [0.29, 0.717) is 10.5 Å². The van der Waals surface area contributed by atoms with E-state index in [0.717, 1.165) is 5.56 Å². The molecule has 2 atom stereocenters. The summed E-state index contributed by atoms with van der Waals surface area (Å²) in [5, 5.41) is 8.30. The van der Waals surface area contributed by atoms with Crippen molar-refractivity contribution in [1.82, 2.24) is 0 Å². The highest BCUT2D eigenvalue weighted by molar-refractivity contribution is 7.86. The van der Waals surface area contributed by atoms with E-state index < -0.39 is 22.0 Å². The van der Waals surface area contributed by atoms with E-state index in [4.69, 9.17) is 0 Å². The Morgan fingerprint density at radius 3 is 2.37 bits per heavy atom. The molecule has 0 amide bonds. The summed E-state index contributed by atoms with van der Waals surface area (Å²) in [4.78, 5) is 11.9. The summed E-state index contributed by atoms with van der Waals surface area (Å²) in [6, 6.07) is 15.8. The quantitative estimate of drug-likeness (QED) is 0.932. The molecule has 1 N–H and O–H groups in total. The zero-order valence-corrected chi connectivity index (χ0v) is 11.3. The van der Waals surface area contributed by atoms with Crippen LogP contribution in [0.4, 0.5) is 0 Å². The van der Waals surface area contributed by atoms with E-state index in [1.165, 1.54) is 0 Å². The van der Waals surface area contributed by atoms with Gasteiger partial charge in [0.1, 0.15) is 0 Å². The number of rotatable bonds is 4. The molecule has 0 aliphatic carbocycles. The molecule has 0 aliphatic rings. The Balaban J connectivity index is 2.41. The lowest BCUT2D eigenvalue weighted by Gasteiger charge is -2.13. The Morgan fingerprint density at radius 2 is 1.79 bits per heavy atom. The molecular weight excluding hydrogens is 260 g/mol. The number of hydrogen-bond donors (Lipinski definition) is 1. The van der Waals surface area contributed by atoms with Crippen LogP contribution in [0, 0.1) is 6.92 Å². The predicted molar refractivity (Wildman–Crippen MR) is 74.4 cm³/mol. The first-order chi connectivity index (χ1) is 9.09. The number of aryl methyl sites for hydroxylation is 1. The van der Waals surface area contributed by atoms with Crippen molar-refractivity contribution < 1.29 is 14.1 Å². The van der Waals surface area contributed by atoms with Crippen LogP contribution in [-0.4, -0.2) is 15.3 Å². The highest BCUT2D eigenvalue weighted by Crippen LogP contribution is 2.25. The van der Waals surface area contributed by atoms with Crippen LogP contribution in [0.2, 0.25) is 0 Å². The lowest BCUT2D eigenvalue weighted by atomic mass is 10.1. The third-order valence-corrected chi connectivity index (χ3v) is 4.38. The number of carbonyl (C=O) groups is 1. The molecule has 0 aliphatic heterocycles. The molecule has 98 valence electrons. The number of carboxylic acids is 1. The third kappa shape index (κ3) is 3.09. The zero-order valence-electron chi connectivity index (χ0n) is 10.4. The molecule has 0 saturated heterocycles. The Bertz CT molecular complexity index is 608. The third-order valence-electron chi connectivity index (χ3n) is 2.76. The van der Waals surface area contributed by atoms with Crippen molar-refractivity contribution >= 4 is 16.8 Å². The Kier molecular flexibility index (Phi) is 4.12. The van der Waals surface area contributed by atoms with Gasteiger partial charge >= 0.3 is 5.97 Å². The van der Waals surface area contributed by atoms with Crippen LogP contribution in [-0.2, 0) is 15.6 Å². The van der Waals surface area contributed by atoms with Crippen molar-refractivity contribution in [2.24, 2.45) is 0 Å². The Labute approximate surface area is 114 Å². The van der Waals surface area contributed by atoms with E-state index in [9.17, 15) is 14.1 Å². The molecule has 3 nitrogen and oxygen atoms in total. The minimum absolute atomic E-state index is 0.538. The number of benzene rings is 2. The van der Waals surface area contributed by atoms with Crippen LogP contribution < -0.4 is 0 Å². The van der Waals surface area contributed by atoms with Gasteiger partial charge in [-0.1, -0.05) is 42.5 Å². The number of aliphatic carboxylic acids is 1. The van der Waals surface area contributed by atoms with Gasteiger partial charge in [-0.2, -0.15) is 0 Å². The van der Waals surface area contributed by atoms with Gasteiger partial charge in [0.25, 0.3) is 0 Å². The summed E-state index contributed by atoms with van der Waals surface area (Å²) in [7, 11) is -1.61. The summed E-state index contributed by atoms with van der Waals surface area (Å²) in [5.41, 5.74) is 1.51. The molecule has 0 heterocycles. The summed E-state index contributed by atoms with van der Waals surface area (Å²) in [6.07, 6.45) is 0. The molecule has 0 spiro atoms. The smallest absolute Gasteiger partial charge is 0.324 e. The normalized spacial score (nSPS) is 13.7. The maximum Gasteiger partial charge on any atom is 0.324 e. The van der Waals surface area contributed by atoms with E-state index in [1.54, 1.807) is 48.5 Å². The first-order valence-corrected chi connectivity index (χ1v) is 7.06. The average Bonchev–Trinajstić information content (AvgIpc) is 2.39. The summed E-state index contributed by atoms with van der Waals surface area (Å²) >= 11 is 0. The predicted octanol–water partition coefficient (Wildman–Crippen LogP) is 2.93. The molecule has 0 fully saturated rings. The van der Waals surface area contributed by atoms with E-state index in [2.05, 4.69) is 0 Å². The van der Waals surface area contributed by atoms with Gasteiger partial charge in [-0.3, -0.25) is 9.00 Å². The highest BCUT2D eigenvalue weighted by Gasteiger charge is 2.27. The van der Waals surface area contributed by atoms with Crippen LogP contribution in [0.1, 0.15) is 16.4 Å². The molecule has 0 bridgehead atoms. The summed E-state index contributed by atoms with van der Waals surface area (Å²) < 4.78 is 12.5. The first kappa shape index (κ1) is 13.5. The lowest BCUT2D eigenvalue weighted by Crippen LogP contribution is -2.17. The van der Waals surface area contributed by atoms with Crippen molar-refractivity contribution in [3.05, 3.63) is 65.7 Å². The average molecular weight is 274 g/mol. The van der Waals surface area contributed by atoms with Crippen molar-refractivity contribution in [3.8, 4) is 0 Å². The van der Waals surface area contributed by atoms with Crippen LogP contribution >= 0.6 is 0 Å². The lowest BCUT2D eigenvalue weighted by molar-refractivity contribution is -0.136. The maximum absolute atomic E-state index is 12.5. The molecule has 2 aromatic rings. The molecule has 2 aromatic carbocycles. The molecule has 0 radical (unpaired) electrons. The van der Waals surface area contributed by atoms with Gasteiger partial charge in [0.05, 0.1) is 10.8 Å². The number of carboxylic acid groups (broad SMARTS) is 1. The van der Waals surface area contributed by atoms with Gasteiger partial charge in [-0.05, 0) is 30.2 Å². The van der Waals surface area contributed by atoms with Crippen LogP contribution in [0.15, 0.2) is 59.5 Å². The van der Waals surface area contributed by atoms with Crippen molar-refractivity contribution in [3.63, 3.8) is 0 Å². The molecule has 2 unspecified atom stereocenters. The summed E-state index contributed by atoms with van der Waals surface area (Å²) in [6.45, 7) is 1.89. The van der Waals surface area contributed by atoms with Gasteiger partial charge in [-0.15, -0.1) is 0 Å². The van der Waals surface area contributed by atoms with E-state index >= 15 is 0 Å². The fraction of sp³-hybridized carbons (Fsp3) is 0.133. The second-order valence-corrected chi connectivity index (χ2v) is 5.78. The summed E-state index contributed by atoms with van der Waals surface area (Å²) in [5.74, 6) is -1.08. The van der Waals surface area contributed by atoms with Gasteiger partial charge in [-0.25, -0.2) is 0 Å². The fourth-order valence-electron chi connectivity index (χ4n) is 1.86. The van der Waals surface area contributed by atoms with E-state index in [-0.39, 0.29) is 0 Å². The fourth-order valence-corrected chi connectivity index (χ4v) is 3.24. The molecular formula is C15H14O3S. The minimum atomic E-state index is -1.61. The highest BCUT2D eigenvalue weighted by atomic mass is 32.2. The topological polar surface area (TPSA) is 54.4 Å². The SMILES string of the molecule is Cc1cccc(S(=O)C(C(=O)O)c2ccccc2)c1. The second kappa shape index (κ2) is 5.80. The molecule has 4 heteroatoms. The molecule has 0 aromatic heterocycles. The largest absolute Gasteiger partial charge is 0.480 e. The zero-order chi connectivity index (χ0) is 13.8. The standard InChI is InChI=1S/C15H14O3S/c1-11-6-5-9-13(10-11)19(18)14(15(16)17)12-7-3-2-4-8-12/h2-10,14H,1H3,(H,16,17). The minimum Gasteiger partial charge on any atom is -0.480 e. The van der Waals surface area contributed by atoms with Gasteiger partial charge in [0.2, 0.25) is 0 Å². The van der Waals surface area contributed by atoms with Crippen molar-refractivity contribution in [2.75, 3.05) is 0 Å². The van der Waals surface area contributed by atoms with Crippen LogP contribution in [0.25, 0.3) is 0 Å². The second-order valence-electron chi connectivity index (χ2n) is 4.24. The first-order valence-electron chi connectivity index (χ1n) is 5.84. The van der Waals surface area contributed by atoms with Gasteiger partial charge < -0.3 is 5.11 Å².